The molecule has 3 atom stereocenters. The van der Waals surface area contributed by atoms with Crippen molar-refractivity contribution in [1.82, 2.24) is 24.3 Å². The Labute approximate surface area is 252 Å². The lowest BCUT2D eigenvalue weighted by Gasteiger charge is -2.39. The molecule has 220 valence electrons. The van der Waals surface area contributed by atoms with Gasteiger partial charge in [0.05, 0.1) is 11.4 Å². The molecule has 1 aromatic carbocycles. The van der Waals surface area contributed by atoms with Gasteiger partial charge in [0.1, 0.15) is 23.0 Å². The molecule has 1 N–H and O–H groups in total. The highest BCUT2D eigenvalue weighted by atomic mass is 32.1. The van der Waals surface area contributed by atoms with E-state index in [-0.39, 0.29) is 11.6 Å². The number of hydrogen-bond donors (Lipinski definition) is 1. The second-order valence-corrected chi connectivity index (χ2v) is 13.5. The van der Waals surface area contributed by atoms with E-state index in [2.05, 4.69) is 70.4 Å². The van der Waals surface area contributed by atoms with E-state index in [1.165, 1.54) is 59.7 Å². The first-order valence-electron chi connectivity index (χ1n) is 15.4. The van der Waals surface area contributed by atoms with E-state index in [1.807, 2.05) is 31.4 Å². The van der Waals surface area contributed by atoms with Crippen LogP contribution in [0.5, 0.6) is 0 Å². The minimum Gasteiger partial charge on any atom is -0.364 e. The molecular weight excluding hydrogens is 542 g/mol. The predicted octanol–water partition coefficient (Wildman–Crippen LogP) is 5.42. The Bertz CT molecular complexity index is 1660. The number of fused-ring (bicyclic) bond motifs is 3. The summed E-state index contributed by atoms with van der Waals surface area (Å²) in [6.45, 7) is 9.26. The lowest BCUT2D eigenvalue weighted by atomic mass is 10.1. The number of nitrogens with one attached hydrogen (secondary N) is 1. The second kappa shape index (κ2) is 11.1. The van der Waals surface area contributed by atoms with Crippen molar-refractivity contribution in [2.75, 3.05) is 43.4 Å². The smallest absolute Gasteiger partial charge is 0.275 e. The van der Waals surface area contributed by atoms with E-state index in [0.29, 0.717) is 23.6 Å². The largest absolute Gasteiger partial charge is 0.364 e. The number of aryl methyl sites for hydroxylation is 2. The summed E-state index contributed by atoms with van der Waals surface area (Å²) < 4.78 is 1.70. The number of likely N-dealkylation sites (N-methyl/N-ethyl adjacent to an activating group) is 1. The number of nitrogens with zero attached hydrogens (tertiary/aromatic N) is 6. The third-order valence-electron chi connectivity index (χ3n) is 9.63. The number of rotatable bonds is 7. The van der Waals surface area contributed by atoms with Gasteiger partial charge in [0.15, 0.2) is 0 Å². The number of pyridine rings is 1. The standard InChI is InChI=1S/C33H41N7OS/c1-21(29-13-14-30(42-29)26-10-6-5-9-23(26)18-39-15-7-8-16-39)34-31-27-17-28(33(41)38(4)32(27)36-22(2)35-31)40-19-24-11-12-25(20-40)37(24)3/h5-6,9-10,13-14,17,21,24-25H,7-8,11-12,15-16,18-20H2,1-4H3,(H,34,35,36)/t21-,24?,25?/m1/s1. The molecule has 3 aliphatic rings. The first-order valence-corrected chi connectivity index (χ1v) is 16.2. The van der Waals surface area contributed by atoms with Gasteiger partial charge < -0.3 is 10.2 Å². The number of piperazine rings is 1. The van der Waals surface area contributed by atoms with Crippen molar-refractivity contribution in [2.45, 2.75) is 64.2 Å². The first-order chi connectivity index (χ1) is 20.4. The predicted molar refractivity (Wildman–Crippen MR) is 173 cm³/mol. The molecule has 6 heterocycles. The lowest BCUT2D eigenvalue weighted by molar-refractivity contribution is 0.212. The number of anilines is 2. The van der Waals surface area contributed by atoms with E-state index < -0.39 is 0 Å². The highest BCUT2D eigenvalue weighted by Crippen LogP contribution is 2.36. The van der Waals surface area contributed by atoms with Gasteiger partial charge in [0.25, 0.3) is 5.56 Å². The number of hydrogen-bond acceptors (Lipinski definition) is 8. The Morgan fingerprint density at radius 3 is 2.52 bits per heavy atom. The summed E-state index contributed by atoms with van der Waals surface area (Å²) >= 11 is 1.84. The molecule has 0 amide bonds. The van der Waals surface area contributed by atoms with Crippen LogP contribution in [0.2, 0.25) is 0 Å². The van der Waals surface area contributed by atoms with Crippen LogP contribution in [0.3, 0.4) is 0 Å². The van der Waals surface area contributed by atoms with Gasteiger partial charge >= 0.3 is 0 Å². The highest BCUT2D eigenvalue weighted by molar-refractivity contribution is 7.15. The van der Waals surface area contributed by atoms with E-state index in [0.717, 1.165) is 36.5 Å². The summed E-state index contributed by atoms with van der Waals surface area (Å²) in [5.41, 5.74) is 4.17. The van der Waals surface area contributed by atoms with Crippen molar-refractivity contribution in [3.8, 4) is 10.4 Å². The minimum absolute atomic E-state index is 0.0130. The Kier molecular flexibility index (Phi) is 7.28. The molecule has 8 nitrogen and oxygen atoms in total. The first kappa shape index (κ1) is 27.6. The fraction of sp³-hybridized carbons (Fsp3) is 0.485. The summed E-state index contributed by atoms with van der Waals surface area (Å²) in [6, 6.07) is 16.4. The van der Waals surface area contributed by atoms with Gasteiger partial charge in [0.2, 0.25) is 0 Å². The fourth-order valence-electron chi connectivity index (χ4n) is 7.16. The second-order valence-electron chi connectivity index (χ2n) is 12.4. The summed E-state index contributed by atoms with van der Waals surface area (Å²) in [5.74, 6) is 1.43. The van der Waals surface area contributed by atoms with Crippen molar-refractivity contribution < 1.29 is 0 Å². The summed E-state index contributed by atoms with van der Waals surface area (Å²) in [7, 11) is 4.06. The molecule has 7 rings (SSSR count). The maximum Gasteiger partial charge on any atom is 0.275 e. The Balaban J connectivity index is 1.18. The van der Waals surface area contributed by atoms with Crippen LogP contribution in [0.15, 0.2) is 47.3 Å². The van der Waals surface area contributed by atoms with Crippen molar-refractivity contribution in [2.24, 2.45) is 7.05 Å². The minimum atomic E-state index is 0.0130. The number of likely N-dealkylation sites (tertiary alicyclic amines) is 1. The van der Waals surface area contributed by atoms with Crippen molar-refractivity contribution in [1.29, 1.82) is 0 Å². The molecule has 0 spiro atoms. The van der Waals surface area contributed by atoms with E-state index in [9.17, 15) is 4.79 Å². The zero-order valence-electron chi connectivity index (χ0n) is 25.1. The molecule has 3 saturated heterocycles. The molecule has 0 aliphatic carbocycles. The molecule has 2 bridgehead atoms. The van der Waals surface area contributed by atoms with Crippen molar-refractivity contribution in [3.63, 3.8) is 0 Å². The molecule has 4 aromatic rings. The van der Waals surface area contributed by atoms with Crippen LogP contribution in [0, 0.1) is 6.92 Å². The van der Waals surface area contributed by atoms with Crippen LogP contribution in [-0.2, 0) is 13.6 Å². The van der Waals surface area contributed by atoms with Gasteiger partial charge in [-0.3, -0.25) is 19.2 Å². The molecule has 42 heavy (non-hydrogen) atoms. The monoisotopic (exact) mass is 583 g/mol. The van der Waals surface area contributed by atoms with E-state index >= 15 is 0 Å². The quantitative estimate of drug-likeness (QED) is 0.312. The van der Waals surface area contributed by atoms with Crippen molar-refractivity contribution in [3.05, 3.63) is 69.1 Å². The maximum absolute atomic E-state index is 13.6. The van der Waals surface area contributed by atoms with Crippen LogP contribution in [-0.4, -0.2) is 69.6 Å². The average Bonchev–Trinajstić information content (AvgIpc) is 3.71. The van der Waals surface area contributed by atoms with Gasteiger partial charge in [-0.2, -0.15) is 0 Å². The Hall–Kier alpha value is -3.27. The maximum atomic E-state index is 13.6. The lowest BCUT2D eigenvalue weighted by Crippen LogP contribution is -2.53. The van der Waals surface area contributed by atoms with Crippen LogP contribution < -0.4 is 15.8 Å². The van der Waals surface area contributed by atoms with Crippen LogP contribution >= 0.6 is 11.3 Å². The zero-order chi connectivity index (χ0) is 29.0. The van der Waals surface area contributed by atoms with Crippen LogP contribution in [0.25, 0.3) is 21.5 Å². The van der Waals surface area contributed by atoms with Gasteiger partial charge in [0, 0.05) is 48.5 Å². The fourth-order valence-corrected chi connectivity index (χ4v) is 8.23. The van der Waals surface area contributed by atoms with Crippen LogP contribution in [0.1, 0.15) is 54.9 Å². The molecule has 9 heteroatoms. The Morgan fingerprint density at radius 1 is 1.02 bits per heavy atom. The highest BCUT2D eigenvalue weighted by Gasteiger charge is 2.38. The van der Waals surface area contributed by atoms with Gasteiger partial charge in [-0.15, -0.1) is 11.3 Å². The third kappa shape index (κ3) is 5.01. The Morgan fingerprint density at radius 2 is 1.76 bits per heavy atom. The molecule has 0 saturated carbocycles. The zero-order valence-corrected chi connectivity index (χ0v) is 26.0. The van der Waals surface area contributed by atoms with Crippen molar-refractivity contribution >= 4 is 33.9 Å². The summed E-state index contributed by atoms with van der Waals surface area (Å²) in [4.78, 5) is 33.0. The van der Waals surface area contributed by atoms with E-state index in [1.54, 1.807) is 4.57 Å². The molecule has 3 fully saturated rings. The number of benzene rings is 1. The normalized spacial score (nSPS) is 21.9. The van der Waals surface area contributed by atoms with Gasteiger partial charge in [-0.1, -0.05) is 24.3 Å². The summed E-state index contributed by atoms with van der Waals surface area (Å²) in [5, 5.41) is 4.60. The third-order valence-corrected chi connectivity index (χ3v) is 10.9. The van der Waals surface area contributed by atoms with Crippen LogP contribution in [0.4, 0.5) is 11.5 Å². The van der Waals surface area contributed by atoms with Gasteiger partial charge in [-0.05, 0) is 89.0 Å². The molecule has 3 aromatic heterocycles. The number of thiophene rings is 1. The molecule has 3 aliphatic heterocycles. The van der Waals surface area contributed by atoms with E-state index in [4.69, 9.17) is 9.97 Å². The SMILES string of the molecule is Cc1nc(N[C@H](C)c2ccc(-c3ccccc3CN3CCCC3)s2)c2cc(N3CC4CCC(C3)N4C)c(=O)n(C)c2n1. The molecule has 0 radical (unpaired) electrons. The summed E-state index contributed by atoms with van der Waals surface area (Å²) in [6.07, 6.45) is 5.00. The molecular formula is C33H41N7OS. The van der Waals surface area contributed by atoms with Gasteiger partial charge in [-0.25, -0.2) is 9.97 Å². The molecule has 2 unspecified atom stereocenters. The number of aromatic nitrogens is 3. The topological polar surface area (TPSA) is 69.5 Å². The average molecular weight is 584 g/mol.